The fourth-order valence-corrected chi connectivity index (χ4v) is 5.28. The number of aliphatic hydroxyl groups is 1. The highest BCUT2D eigenvalue weighted by atomic mass is 16.5. The summed E-state index contributed by atoms with van der Waals surface area (Å²) in [7, 11) is 0. The van der Waals surface area contributed by atoms with E-state index in [0.717, 1.165) is 37.1 Å². The summed E-state index contributed by atoms with van der Waals surface area (Å²) in [5.74, 6) is 1.14. The maximum Gasteiger partial charge on any atom is 0.120 e. The molecule has 0 bridgehead atoms. The molecule has 0 unspecified atom stereocenters. The minimum Gasteiger partial charge on any atom is -0.489 e. The molecular weight excluding hydrogens is 442 g/mol. The Labute approximate surface area is 214 Å². The van der Waals surface area contributed by atoms with E-state index < -0.39 is 6.10 Å². The van der Waals surface area contributed by atoms with E-state index >= 15 is 0 Å². The third-order valence-electron chi connectivity index (χ3n) is 7.43. The number of aliphatic hydroxyl groups excluding tert-OH is 1. The summed E-state index contributed by atoms with van der Waals surface area (Å²) < 4.78 is 6.22. The molecular formula is C33H35NO2. The average molecular weight is 478 g/mol. The monoisotopic (exact) mass is 477 g/mol. The normalized spacial score (nSPS) is 17.8. The topological polar surface area (TPSA) is 41.5 Å². The number of hydrogen-bond acceptors (Lipinski definition) is 3. The predicted molar refractivity (Wildman–Crippen MR) is 147 cm³/mol. The van der Waals surface area contributed by atoms with Crippen molar-refractivity contribution in [3.8, 4) is 16.9 Å². The summed E-state index contributed by atoms with van der Waals surface area (Å²) in [5, 5.41) is 14.7. The second-order valence-electron chi connectivity index (χ2n) is 9.79. The Hall–Kier alpha value is -3.40. The maximum absolute atomic E-state index is 11.1. The number of nitrogens with one attached hydrogen (secondary N) is 1. The van der Waals surface area contributed by atoms with Crippen LogP contribution in [0.4, 0.5) is 0 Å². The number of rotatable bonds is 9. The molecule has 0 saturated carbocycles. The Bertz CT molecular complexity index is 1260. The molecule has 0 spiro atoms. The van der Waals surface area contributed by atoms with Crippen LogP contribution in [0, 0.1) is 5.92 Å². The van der Waals surface area contributed by atoms with Crippen LogP contribution in [0.3, 0.4) is 0 Å². The fourth-order valence-electron chi connectivity index (χ4n) is 5.28. The molecule has 3 nitrogen and oxygen atoms in total. The van der Waals surface area contributed by atoms with Crippen molar-refractivity contribution < 1.29 is 9.84 Å². The van der Waals surface area contributed by atoms with Gasteiger partial charge in [0.25, 0.3) is 0 Å². The largest absolute Gasteiger partial charge is 0.489 e. The third-order valence-corrected chi connectivity index (χ3v) is 7.43. The van der Waals surface area contributed by atoms with E-state index in [9.17, 15) is 5.11 Å². The van der Waals surface area contributed by atoms with Crippen molar-refractivity contribution in [2.75, 3.05) is 6.54 Å². The second kappa shape index (κ2) is 11.6. The molecule has 3 atom stereocenters. The number of hydrogen-bond donors (Lipinski definition) is 2. The quantitative estimate of drug-likeness (QED) is 0.266. The van der Waals surface area contributed by atoms with Gasteiger partial charge in [-0.3, -0.25) is 0 Å². The van der Waals surface area contributed by atoms with Crippen LogP contribution in [0.2, 0.25) is 0 Å². The summed E-state index contributed by atoms with van der Waals surface area (Å²) >= 11 is 0. The molecule has 0 aromatic heterocycles. The van der Waals surface area contributed by atoms with Gasteiger partial charge in [0.15, 0.2) is 0 Å². The molecule has 4 aromatic carbocycles. The first-order valence-electron chi connectivity index (χ1n) is 13.0. The van der Waals surface area contributed by atoms with Crippen molar-refractivity contribution in [3.05, 3.63) is 125 Å². The molecule has 2 N–H and O–H groups in total. The van der Waals surface area contributed by atoms with Gasteiger partial charge in [0.05, 0.1) is 6.10 Å². The van der Waals surface area contributed by atoms with Gasteiger partial charge in [-0.2, -0.15) is 0 Å². The number of ether oxygens (including phenoxy) is 1. The molecule has 5 rings (SSSR count). The van der Waals surface area contributed by atoms with Gasteiger partial charge in [0.2, 0.25) is 0 Å². The van der Waals surface area contributed by atoms with E-state index in [-0.39, 0.29) is 5.92 Å². The standard InChI is InChI=1S/C33H35NO2/c1-24(25-10-4-2-5-11-25)34-21-20-27-16-17-28-22-30(18-19-32(28)33(27)35)36-23-29-14-8-9-15-31(29)26-12-6-3-7-13-26/h2-15,18-19,22,24,27,33-35H,16-17,20-21,23H2,1H3/t24-,27-,33+/m0/s1. The molecule has 0 saturated heterocycles. The van der Waals surface area contributed by atoms with Crippen LogP contribution < -0.4 is 10.1 Å². The molecule has 0 fully saturated rings. The highest BCUT2D eigenvalue weighted by Crippen LogP contribution is 2.38. The first-order chi connectivity index (χ1) is 17.7. The Balaban J connectivity index is 1.18. The van der Waals surface area contributed by atoms with Crippen molar-refractivity contribution in [1.82, 2.24) is 5.32 Å². The van der Waals surface area contributed by atoms with Gasteiger partial charge in [0, 0.05) is 6.04 Å². The summed E-state index contributed by atoms with van der Waals surface area (Å²) in [6.45, 7) is 3.61. The molecule has 0 heterocycles. The van der Waals surface area contributed by atoms with E-state index in [0.29, 0.717) is 12.6 Å². The molecule has 1 aliphatic carbocycles. The molecule has 184 valence electrons. The molecule has 0 amide bonds. The van der Waals surface area contributed by atoms with Crippen molar-refractivity contribution in [2.45, 2.75) is 44.9 Å². The summed E-state index contributed by atoms with van der Waals surface area (Å²) in [6.07, 6.45) is 2.51. The van der Waals surface area contributed by atoms with Crippen molar-refractivity contribution in [3.63, 3.8) is 0 Å². The summed E-state index contributed by atoms with van der Waals surface area (Å²) in [4.78, 5) is 0. The van der Waals surface area contributed by atoms with E-state index in [1.807, 2.05) is 18.2 Å². The van der Waals surface area contributed by atoms with Gasteiger partial charge in [-0.1, -0.05) is 91.0 Å². The minimum absolute atomic E-state index is 0.275. The lowest BCUT2D eigenvalue weighted by atomic mass is 9.80. The lowest BCUT2D eigenvalue weighted by Crippen LogP contribution is -2.26. The minimum atomic E-state index is -0.421. The van der Waals surface area contributed by atoms with Gasteiger partial charge >= 0.3 is 0 Å². The van der Waals surface area contributed by atoms with E-state index in [4.69, 9.17) is 4.74 Å². The Kier molecular flexibility index (Phi) is 7.80. The van der Waals surface area contributed by atoms with Gasteiger partial charge in [-0.25, -0.2) is 0 Å². The van der Waals surface area contributed by atoms with Crippen LogP contribution >= 0.6 is 0 Å². The van der Waals surface area contributed by atoms with Crippen molar-refractivity contribution in [2.24, 2.45) is 5.92 Å². The van der Waals surface area contributed by atoms with Gasteiger partial charge in [0.1, 0.15) is 12.4 Å². The molecule has 36 heavy (non-hydrogen) atoms. The second-order valence-corrected chi connectivity index (χ2v) is 9.79. The van der Waals surface area contributed by atoms with Crippen molar-refractivity contribution >= 4 is 0 Å². The van der Waals surface area contributed by atoms with Crippen LogP contribution in [0.15, 0.2) is 103 Å². The molecule has 1 aliphatic rings. The van der Waals surface area contributed by atoms with Crippen LogP contribution in [0.1, 0.15) is 54.2 Å². The lowest BCUT2D eigenvalue weighted by Gasteiger charge is -2.31. The highest BCUT2D eigenvalue weighted by Gasteiger charge is 2.28. The smallest absolute Gasteiger partial charge is 0.120 e. The van der Waals surface area contributed by atoms with Crippen molar-refractivity contribution in [1.29, 1.82) is 0 Å². The van der Waals surface area contributed by atoms with Crippen LogP contribution in [-0.4, -0.2) is 11.7 Å². The Morgan fingerprint density at radius 2 is 1.61 bits per heavy atom. The molecule has 0 aliphatic heterocycles. The average Bonchev–Trinajstić information content (AvgIpc) is 2.94. The van der Waals surface area contributed by atoms with Crippen LogP contribution in [0.5, 0.6) is 5.75 Å². The van der Waals surface area contributed by atoms with Gasteiger partial charge < -0.3 is 15.2 Å². The van der Waals surface area contributed by atoms with E-state index in [1.54, 1.807) is 0 Å². The zero-order valence-electron chi connectivity index (χ0n) is 20.9. The number of fused-ring (bicyclic) bond motifs is 1. The van der Waals surface area contributed by atoms with Crippen LogP contribution in [-0.2, 0) is 13.0 Å². The first-order valence-corrected chi connectivity index (χ1v) is 13.0. The molecule has 0 radical (unpaired) electrons. The first kappa shape index (κ1) is 24.3. The maximum atomic E-state index is 11.1. The Morgan fingerprint density at radius 3 is 2.42 bits per heavy atom. The highest BCUT2D eigenvalue weighted by molar-refractivity contribution is 5.67. The number of aryl methyl sites for hydroxylation is 1. The zero-order chi connectivity index (χ0) is 24.7. The van der Waals surface area contributed by atoms with Gasteiger partial charge in [-0.15, -0.1) is 0 Å². The third kappa shape index (κ3) is 5.70. The SMILES string of the molecule is C[C@H](NCC[C@@H]1CCc2cc(OCc3ccccc3-c3ccccc3)ccc2[C@@H]1O)c1ccccc1. The molecule has 3 heteroatoms. The number of benzene rings is 4. The van der Waals surface area contributed by atoms with Crippen LogP contribution in [0.25, 0.3) is 11.1 Å². The Morgan fingerprint density at radius 1 is 0.889 bits per heavy atom. The van der Waals surface area contributed by atoms with Gasteiger partial charge in [-0.05, 0) is 84.2 Å². The predicted octanol–water partition coefficient (Wildman–Crippen LogP) is 7.27. The summed E-state index contributed by atoms with van der Waals surface area (Å²) in [5.41, 5.74) is 7.12. The lowest BCUT2D eigenvalue weighted by molar-refractivity contribution is 0.0879. The van der Waals surface area contributed by atoms with E-state index in [2.05, 4.69) is 97.2 Å². The molecule has 4 aromatic rings. The van der Waals surface area contributed by atoms with E-state index in [1.165, 1.54) is 27.8 Å². The summed E-state index contributed by atoms with van der Waals surface area (Å²) in [6, 6.07) is 35.8. The zero-order valence-corrected chi connectivity index (χ0v) is 20.9. The fraction of sp³-hybridized carbons (Fsp3) is 0.273.